The third-order valence-corrected chi connectivity index (χ3v) is 3.69. The van der Waals surface area contributed by atoms with E-state index in [9.17, 15) is 0 Å². The van der Waals surface area contributed by atoms with Gasteiger partial charge in [0.15, 0.2) is 0 Å². The predicted molar refractivity (Wildman–Crippen MR) is 57.4 cm³/mol. The van der Waals surface area contributed by atoms with Gasteiger partial charge in [-0.05, 0) is 31.7 Å². The third kappa shape index (κ3) is 2.27. The van der Waals surface area contributed by atoms with Gasteiger partial charge in [0.1, 0.15) is 0 Å². The molecule has 3 atom stereocenters. The Kier molecular flexibility index (Phi) is 3.42. The lowest BCUT2D eigenvalue weighted by atomic mass is 9.81. The number of nitrogens with one attached hydrogen (secondary N) is 1. The van der Waals surface area contributed by atoms with Crippen LogP contribution in [0.5, 0.6) is 0 Å². The van der Waals surface area contributed by atoms with Gasteiger partial charge in [-0.15, -0.1) is 0 Å². The average Bonchev–Trinajstić information content (AvgIpc) is 2.21. The van der Waals surface area contributed by atoms with Crippen molar-refractivity contribution in [2.75, 3.05) is 39.9 Å². The predicted octanol–water partition coefficient (Wildman–Crippen LogP) is 0.563. The Balaban J connectivity index is 1.85. The molecule has 2 rings (SSSR count). The monoisotopic (exact) mass is 198 g/mol. The topological polar surface area (TPSA) is 24.5 Å². The summed E-state index contributed by atoms with van der Waals surface area (Å²) in [5.41, 5.74) is 0. The first-order chi connectivity index (χ1) is 6.79. The lowest BCUT2D eigenvalue weighted by Gasteiger charge is -2.44. The van der Waals surface area contributed by atoms with Gasteiger partial charge in [-0.3, -0.25) is 0 Å². The molecule has 0 saturated carbocycles. The number of hydrogen-bond donors (Lipinski definition) is 1. The molecule has 0 amide bonds. The number of likely N-dealkylation sites (tertiary alicyclic amines) is 1. The van der Waals surface area contributed by atoms with Crippen molar-refractivity contribution in [3.05, 3.63) is 0 Å². The largest absolute Gasteiger partial charge is 0.383 e. The summed E-state index contributed by atoms with van der Waals surface area (Å²) < 4.78 is 5.14. The number of hydrogen-bond acceptors (Lipinski definition) is 3. The fourth-order valence-corrected chi connectivity index (χ4v) is 2.78. The first kappa shape index (κ1) is 10.4. The van der Waals surface area contributed by atoms with Crippen molar-refractivity contribution in [1.82, 2.24) is 10.2 Å². The van der Waals surface area contributed by atoms with E-state index in [1.54, 1.807) is 7.11 Å². The summed E-state index contributed by atoms with van der Waals surface area (Å²) in [7, 11) is 1.79. The van der Waals surface area contributed by atoms with Crippen LogP contribution in [0.2, 0.25) is 0 Å². The fraction of sp³-hybridized carbons (Fsp3) is 1.00. The molecule has 1 N–H and O–H groups in total. The van der Waals surface area contributed by atoms with E-state index >= 15 is 0 Å². The molecule has 0 aromatic rings. The molecule has 2 heterocycles. The summed E-state index contributed by atoms with van der Waals surface area (Å²) in [6, 6.07) is 0.705. The van der Waals surface area contributed by atoms with Crippen LogP contribution in [0.15, 0.2) is 0 Å². The molecular formula is C11H22N2O. The maximum atomic E-state index is 5.14. The number of nitrogens with zero attached hydrogens (tertiary/aromatic N) is 1. The van der Waals surface area contributed by atoms with Gasteiger partial charge in [0.05, 0.1) is 6.61 Å². The Morgan fingerprint density at radius 3 is 3.07 bits per heavy atom. The maximum absolute atomic E-state index is 5.14. The van der Waals surface area contributed by atoms with Crippen LogP contribution in [-0.4, -0.2) is 50.8 Å². The third-order valence-electron chi connectivity index (χ3n) is 3.69. The fourth-order valence-electron chi connectivity index (χ4n) is 2.78. The Bertz CT molecular complexity index is 186. The van der Waals surface area contributed by atoms with Crippen molar-refractivity contribution in [1.29, 1.82) is 0 Å². The number of ether oxygens (including phenoxy) is 1. The quantitative estimate of drug-likeness (QED) is 0.717. The van der Waals surface area contributed by atoms with E-state index < -0.39 is 0 Å². The first-order valence-electron chi connectivity index (χ1n) is 5.74. The van der Waals surface area contributed by atoms with Gasteiger partial charge in [-0.2, -0.15) is 0 Å². The van der Waals surface area contributed by atoms with Gasteiger partial charge in [0.2, 0.25) is 0 Å². The molecule has 0 spiro atoms. The van der Waals surface area contributed by atoms with Crippen LogP contribution in [-0.2, 0) is 4.74 Å². The summed E-state index contributed by atoms with van der Waals surface area (Å²) in [5.74, 6) is 1.74. The molecular weight excluding hydrogens is 176 g/mol. The van der Waals surface area contributed by atoms with Crippen LogP contribution in [0, 0.1) is 11.8 Å². The second kappa shape index (κ2) is 4.60. The van der Waals surface area contributed by atoms with Crippen LogP contribution in [0.25, 0.3) is 0 Å². The van der Waals surface area contributed by atoms with Gasteiger partial charge in [-0.1, -0.05) is 0 Å². The Morgan fingerprint density at radius 1 is 1.43 bits per heavy atom. The van der Waals surface area contributed by atoms with E-state index in [2.05, 4.69) is 17.1 Å². The van der Waals surface area contributed by atoms with E-state index in [0.717, 1.165) is 25.0 Å². The van der Waals surface area contributed by atoms with Crippen molar-refractivity contribution >= 4 is 0 Å². The molecule has 2 fully saturated rings. The molecule has 2 bridgehead atoms. The normalized spacial score (nSPS) is 38.6. The number of piperidine rings is 2. The zero-order chi connectivity index (χ0) is 9.97. The van der Waals surface area contributed by atoms with E-state index in [1.165, 1.54) is 26.1 Å². The molecule has 2 saturated heterocycles. The van der Waals surface area contributed by atoms with Crippen LogP contribution in [0.4, 0.5) is 0 Å². The van der Waals surface area contributed by atoms with Crippen molar-refractivity contribution in [3.8, 4) is 0 Å². The van der Waals surface area contributed by atoms with Crippen LogP contribution in [0.1, 0.15) is 13.3 Å². The summed E-state index contributed by atoms with van der Waals surface area (Å²) in [5, 5.41) is 3.60. The molecule has 2 aliphatic heterocycles. The lowest BCUT2D eigenvalue weighted by molar-refractivity contribution is 0.0530. The maximum Gasteiger partial charge on any atom is 0.0589 e. The highest BCUT2D eigenvalue weighted by Crippen LogP contribution is 2.27. The SMILES string of the molecule is COCCN1C[C@@H]2CN[C@@H](C)[C@H](C2)C1. The smallest absolute Gasteiger partial charge is 0.0589 e. The molecule has 2 aliphatic rings. The summed E-state index contributed by atoms with van der Waals surface area (Å²) in [4.78, 5) is 2.57. The van der Waals surface area contributed by atoms with Crippen molar-refractivity contribution < 1.29 is 4.74 Å². The molecule has 0 radical (unpaired) electrons. The highest BCUT2D eigenvalue weighted by atomic mass is 16.5. The first-order valence-corrected chi connectivity index (χ1v) is 5.74. The van der Waals surface area contributed by atoms with Crippen LogP contribution >= 0.6 is 0 Å². The molecule has 3 heteroatoms. The summed E-state index contributed by atoms with van der Waals surface area (Å²) in [6.07, 6.45) is 1.43. The summed E-state index contributed by atoms with van der Waals surface area (Å²) >= 11 is 0. The van der Waals surface area contributed by atoms with E-state index in [4.69, 9.17) is 4.74 Å². The molecule has 0 unspecified atom stereocenters. The van der Waals surface area contributed by atoms with Crippen LogP contribution < -0.4 is 5.32 Å². The van der Waals surface area contributed by atoms with Crippen molar-refractivity contribution in [2.45, 2.75) is 19.4 Å². The lowest BCUT2D eigenvalue weighted by Crippen LogP contribution is -2.55. The van der Waals surface area contributed by atoms with E-state index in [0.29, 0.717) is 6.04 Å². The standard InChI is InChI=1S/C11H22N2O/c1-9-11-5-10(6-12-9)7-13(8-11)3-4-14-2/h9-12H,3-8H2,1-2H3/t9-,10-,11+/m0/s1. The van der Waals surface area contributed by atoms with Crippen molar-refractivity contribution in [3.63, 3.8) is 0 Å². The van der Waals surface area contributed by atoms with Gasteiger partial charge >= 0.3 is 0 Å². The molecule has 82 valence electrons. The van der Waals surface area contributed by atoms with Crippen LogP contribution in [0.3, 0.4) is 0 Å². The number of rotatable bonds is 3. The van der Waals surface area contributed by atoms with Crippen molar-refractivity contribution in [2.24, 2.45) is 11.8 Å². The minimum atomic E-state index is 0.705. The van der Waals surface area contributed by atoms with Gasteiger partial charge < -0.3 is 15.0 Å². The Morgan fingerprint density at radius 2 is 2.29 bits per heavy atom. The van der Waals surface area contributed by atoms with Gasteiger partial charge in [0.25, 0.3) is 0 Å². The molecule has 0 aliphatic carbocycles. The average molecular weight is 198 g/mol. The zero-order valence-corrected chi connectivity index (χ0v) is 9.33. The minimum Gasteiger partial charge on any atom is -0.383 e. The van der Waals surface area contributed by atoms with Gasteiger partial charge in [0, 0.05) is 32.8 Å². The van der Waals surface area contributed by atoms with E-state index in [1.807, 2.05) is 0 Å². The highest BCUT2D eigenvalue weighted by molar-refractivity contribution is 4.90. The summed E-state index contributed by atoms with van der Waals surface area (Å²) in [6.45, 7) is 8.03. The van der Waals surface area contributed by atoms with Gasteiger partial charge in [-0.25, -0.2) is 0 Å². The highest BCUT2D eigenvalue weighted by Gasteiger charge is 2.33. The molecule has 14 heavy (non-hydrogen) atoms. The minimum absolute atomic E-state index is 0.705. The molecule has 3 nitrogen and oxygen atoms in total. The molecule has 0 aromatic heterocycles. The van der Waals surface area contributed by atoms with E-state index in [-0.39, 0.29) is 0 Å². The second-order valence-corrected chi connectivity index (χ2v) is 4.81. The Labute approximate surface area is 86.8 Å². The number of methoxy groups -OCH3 is 1. The zero-order valence-electron chi connectivity index (χ0n) is 9.33. The molecule has 0 aromatic carbocycles. The Hall–Kier alpha value is -0.120. The number of fused-ring (bicyclic) bond motifs is 2. The second-order valence-electron chi connectivity index (χ2n) is 4.81.